The van der Waals surface area contributed by atoms with Gasteiger partial charge >= 0.3 is 0 Å². The van der Waals surface area contributed by atoms with Crippen LogP contribution < -0.4 is 10.2 Å². The van der Waals surface area contributed by atoms with E-state index in [0.717, 1.165) is 19.6 Å². The second-order valence-corrected chi connectivity index (χ2v) is 5.16. The normalized spacial score (nSPS) is 21.2. The predicted molar refractivity (Wildman–Crippen MR) is 71.5 cm³/mol. The van der Waals surface area contributed by atoms with Crippen molar-refractivity contribution in [3.8, 4) is 0 Å². The van der Waals surface area contributed by atoms with Gasteiger partial charge in [0.25, 0.3) is 0 Å². The molecule has 1 fully saturated rings. The van der Waals surface area contributed by atoms with Gasteiger partial charge in [0.15, 0.2) is 0 Å². The van der Waals surface area contributed by atoms with E-state index in [1.807, 2.05) is 10.9 Å². The van der Waals surface area contributed by atoms with Gasteiger partial charge in [-0.2, -0.15) is 5.10 Å². The van der Waals surface area contributed by atoms with Crippen LogP contribution in [0.1, 0.15) is 39.7 Å². The molecule has 1 aliphatic rings. The van der Waals surface area contributed by atoms with Crippen molar-refractivity contribution in [2.24, 2.45) is 0 Å². The Balaban J connectivity index is 2.00. The number of hydrogen-bond donors (Lipinski definition) is 1. The maximum atomic E-state index is 4.42. The van der Waals surface area contributed by atoms with Crippen LogP contribution in [0, 0.1) is 0 Å². The number of piperazine rings is 1. The van der Waals surface area contributed by atoms with Gasteiger partial charge < -0.3 is 10.2 Å². The highest BCUT2D eigenvalue weighted by molar-refractivity contribution is 5.43. The first-order valence-corrected chi connectivity index (χ1v) is 6.73. The maximum absolute atomic E-state index is 4.42. The molecule has 2 rings (SSSR count). The molecule has 1 aromatic heterocycles. The lowest BCUT2D eigenvalue weighted by Crippen LogP contribution is -2.50. The second kappa shape index (κ2) is 5.54. The summed E-state index contributed by atoms with van der Waals surface area (Å²) in [6.45, 7) is 9.85. The van der Waals surface area contributed by atoms with Crippen molar-refractivity contribution < 1.29 is 0 Å². The van der Waals surface area contributed by atoms with Crippen LogP contribution in [0.25, 0.3) is 0 Å². The molecular weight excluding hydrogens is 212 g/mol. The SMILES string of the molecule is CCCC1CN(c2cnn(C(C)C)c2)CCN1. The van der Waals surface area contributed by atoms with Crippen LogP contribution in [-0.2, 0) is 0 Å². The lowest BCUT2D eigenvalue weighted by atomic mass is 10.1. The number of aromatic nitrogens is 2. The molecule has 0 saturated carbocycles. The summed E-state index contributed by atoms with van der Waals surface area (Å²) in [6, 6.07) is 1.08. The van der Waals surface area contributed by atoms with Gasteiger partial charge in [-0.15, -0.1) is 0 Å². The largest absolute Gasteiger partial charge is 0.366 e. The van der Waals surface area contributed by atoms with E-state index < -0.39 is 0 Å². The number of nitrogens with zero attached hydrogens (tertiary/aromatic N) is 3. The summed E-state index contributed by atoms with van der Waals surface area (Å²) in [5.41, 5.74) is 1.27. The standard InChI is InChI=1S/C13H24N4/c1-4-5-12-9-16(7-6-14-12)13-8-15-17(10-13)11(2)3/h8,10-12,14H,4-7,9H2,1-3H3. The molecule has 2 heterocycles. The first-order chi connectivity index (χ1) is 8.20. The monoisotopic (exact) mass is 236 g/mol. The number of rotatable bonds is 4. The molecule has 1 unspecified atom stereocenters. The molecule has 4 nitrogen and oxygen atoms in total. The lowest BCUT2D eigenvalue weighted by molar-refractivity contribution is 0.430. The molecule has 17 heavy (non-hydrogen) atoms. The average molecular weight is 236 g/mol. The quantitative estimate of drug-likeness (QED) is 0.868. The topological polar surface area (TPSA) is 33.1 Å². The van der Waals surface area contributed by atoms with Crippen molar-refractivity contribution in [1.82, 2.24) is 15.1 Å². The van der Waals surface area contributed by atoms with Gasteiger partial charge in [0, 0.05) is 37.9 Å². The van der Waals surface area contributed by atoms with E-state index in [2.05, 4.69) is 42.3 Å². The van der Waals surface area contributed by atoms with Crippen LogP contribution in [0.2, 0.25) is 0 Å². The van der Waals surface area contributed by atoms with E-state index in [4.69, 9.17) is 0 Å². The van der Waals surface area contributed by atoms with Crippen molar-refractivity contribution in [3.63, 3.8) is 0 Å². The summed E-state index contributed by atoms with van der Waals surface area (Å²) < 4.78 is 2.03. The van der Waals surface area contributed by atoms with Crippen molar-refractivity contribution in [2.45, 2.75) is 45.7 Å². The highest BCUT2D eigenvalue weighted by atomic mass is 15.3. The molecule has 1 saturated heterocycles. The van der Waals surface area contributed by atoms with Gasteiger partial charge in [-0.1, -0.05) is 13.3 Å². The highest BCUT2D eigenvalue weighted by Crippen LogP contribution is 2.18. The van der Waals surface area contributed by atoms with Gasteiger partial charge in [-0.3, -0.25) is 4.68 Å². The zero-order valence-corrected chi connectivity index (χ0v) is 11.2. The highest BCUT2D eigenvalue weighted by Gasteiger charge is 2.19. The predicted octanol–water partition coefficient (Wildman–Crippen LogP) is 2.04. The fourth-order valence-electron chi connectivity index (χ4n) is 2.38. The minimum Gasteiger partial charge on any atom is -0.366 e. The molecule has 96 valence electrons. The molecule has 4 heteroatoms. The summed E-state index contributed by atoms with van der Waals surface area (Å²) in [5, 5.41) is 8.00. The third kappa shape index (κ3) is 3.00. The number of hydrogen-bond acceptors (Lipinski definition) is 3. The Morgan fingerprint density at radius 3 is 3.00 bits per heavy atom. The zero-order valence-electron chi connectivity index (χ0n) is 11.2. The lowest BCUT2D eigenvalue weighted by Gasteiger charge is -2.34. The van der Waals surface area contributed by atoms with E-state index in [-0.39, 0.29) is 0 Å². The molecule has 0 aliphatic carbocycles. The third-order valence-corrected chi connectivity index (χ3v) is 3.37. The number of anilines is 1. The Hall–Kier alpha value is -1.03. The fraction of sp³-hybridized carbons (Fsp3) is 0.769. The second-order valence-electron chi connectivity index (χ2n) is 5.16. The van der Waals surface area contributed by atoms with Crippen molar-refractivity contribution >= 4 is 5.69 Å². The number of nitrogens with one attached hydrogen (secondary N) is 1. The Bertz CT molecular complexity index is 343. The van der Waals surface area contributed by atoms with Gasteiger partial charge in [0.2, 0.25) is 0 Å². The van der Waals surface area contributed by atoms with E-state index >= 15 is 0 Å². The average Bonchev–Trinajstić information content (AvgIpc) is 2.79. The van der Waals surface area contributed by atoms with Crippen LogP contribution in [0.3, 0.4) is 0 Å². The van der Waals surface area contributed by atoms with E-state index in [9.17, 15) is 0 Å². The Kier molecular flexibility index (Phi) is 4.05. The van der Waals surface area contributed by atoms with Crippen LogP contribution in [0.5, 0.6) is 0 Å². The van der Waals surface area contributed by atoms with Crippen molar-refractivity contribution in [2.75, 3.05) is 24.5 Å². The van der Waals surface area contributed by atoms with Gasteiger partial charge in [-0.05, 0) is 20.3 Å². The summed E-state index contributed by atoms with van der Waals surface area (Å²) >= 11 is 0. The first-order valence-electron chi connectivity index (χ1n) is 6.73. The zero-order chi connectivity index (χ0) is 12.3. The maximum Gasteiger partial charge on any atom is 0.0753 e. The van der Waals surface area contributed by atoms with Gasteiger partial charge in [0.1, 0.15) is 0 Å². The first kappa shape index (κ1) is 12.4. The Labute approximate surface area is 104 Å². The summed E-state index contributed by atoms with van der Waals surface area (Å²) in [5.74, 6) is 0. The molecule has 0 aromatic carbocycles. The summed E-state index contributed by atoms with van der Waals surface area (Å²) in [4.78, 5) is 2.45. The Morgan fingerprint density at radius 2 is 2.35 bits per heavy atom. The van der Waals surface area contributed by atoms with E-state index in [1.54, 1.807) is 0 Å². The molecule has 0 amide bonds. The molecular formula is C13H24N4. The van der Waals surface area contributed by atoms with E-state index in [0.29, 0.717) is 12.1 Å². The van der Waals surface area contributed by atoms with Gasteiger partial charge in [-0.25, -0.2) is 0 Å². The minimum absolute atomic E-state index is 0.443. The molecule has 1 aliphatic heterocycles. The van der Waals surface area contributed by atoms with Crippen molar-refractivity contribution in [3.05, 3.63) is 12.4 Å². The van der Waals surface area contributed by atoms with Crippen LogP contribution in [-0.4, -0.2) is 35.5 Å². The molecule has 0 radical (unpaired) electrons. The minimum atomic E-state index is 0.443. The van der Waals surface area contributed by atoms with Crippen LogP contribution in [0.15, 0.2) is 12.4 Å². The molecule has 0 spiro atoms. The third-order valence-electron chi connectivity index (χ3n) is 3.37. The molecule has 1 aromatic rings. The van der Waals surface area contributed by atoms with E-state index in [1.165, 1.54) is 18.5 Å². The smallest absolute Gasteiger partial charge is 0.0753 e. The molecule has 1 atom stereocenters. The van der Waals surface area contributed by atoms with Crippen molar-refractivity contribution in [1.29, 1.82) is 0 Å². The summed E-state index contributed by atoms with van der Waals surface area (Å²) in [6.07, 6.45) is 6.67. The molecule has 0 bridgehead atoms. The van der Waals surface area contributed by atoms with Crippen LogP contribution in [0.4, 0.5) is 5.69 Å². The fourth-order valence-corrected chi connectivity index (χ4v) is 2.38. The molecule has 1 N–H and O–H groups in total. The Morgan fingerprint density at radius 1 is 1.53 bits per heavy atom. The summed E-state index contributed by atoms with van der Waals surface area (Å²) in [7, 11) is 0. The van der Waals surface area contributed by atoms with Crippen LogP contribution >= 0.6 is 0 Å². The van der Waals surface area contributed by atoms with Gasteiger partial charge in [0.05, 0.1) is 11.9 Å².